The van der Waals surface area contributed by atoms with E-state index in [4.69, 9.17) is 4.74 Å². The summed E-state index contributed by atoms with van der Waals surface area (Å²) in [4.78, 5) is 17.5. The summed E-state index contributed by atoms with van der Waals surface area (Å²) >= 11 is 4.57. The van der Waals surface area contributed by atoms with Crippen molar-refractivity contribution in [2.24, 2.45) is 4.99 Å². The topological polar surface area (TPSA) is 41.9 Å². The van der Waals surface area contributed by atoms with Gasteiger partial charge in [0.15, 0.2) is 0 Å². The van der Waals surface area contributed by atoms with Crippen LogP contribution in [0.25, 0.3) is 0 Å². The van der Waals surface area contributed by atoms with E-state index in [2.05, 4.69) is 22.4 Å². The number of nitrogens with zero attached hydrogens (tertiary/aromatic N) is 2. The number of likely N-dealkylation sites (tertiary alicyclic amines) is 1. The fraction of sp³-hybridized carbons (Fsp3) is 0.818. The van der Waals surface area contributed by atoms with Crippen molar-refractivity contribution in [3.63, 3.8) is 0 Å². The van der Waals surface area contributed by atoms with Gasteiger partial charge in [0.2, 0.25) is 0 Å². The van der Waals surface area contributed by atoms with Crippen LogP contribution in [0.15, 0.2) is 4.99 Å². The second-order valence-corrected chi connectivity index (χ2v) is 5.13. The molecule has 0 saturated carbocycles. The molecule has 1 aliphatic rings. The summed E-state index contributed by atoms with van der Waals surface area (Å²) < 4.78 is 5.30. The molecule has 1 amide bonds. The summed E-state index contributed by atoms with van der Waals surface area (Å²) in [6.07, 6.45) is 1.63. The molecular weight excluding hydrogens is 224 g/mol. The molecule has 0 spiro atoms. The van der Waals surface area contributed by atoms with E-state index in [1.54, 1.807) is 4.90 Å². The van der Waals surface area contributed by atoms with E-state index in [-0.39, 0.29) is 12.1 Å². The van der Waals surface area contributed by atoms with Gasteiger partial charge in [-0.05, 0) is 45.8 Å². The predicted molar refractivity (Wildman–Crippen MR) is 65.9 cm³/mol. The first kappa shape index (κ1) is 13.1. The second-order valence-electron chi connectivity index (χ2n) is 4.94. The molecule has 1 fully saturated rings. The molecule has 0 N–H and O–H groups in total. The molecule has 16 heavy (non-hydrogen) atoms. The molecule has 4 nitrogen and oxygen atoms in total. The molecule has 0 aliphatic carbocycles. The second kappa shape index (κ2) is 5.41. The van der Waals surface area contributed by atoms with Gasteiger partial charge in [-0.1, -0.05) is 0 Å². The summed E-state index contributed by atoms with van der Waals surface area (Å²) in [6, 6.07) is 0.0822. The fourth-order valence-electron chi connectivity index (χ4n) is 1.63. The third-order valence-electron chi connectivity index (χ3n) is 2.28. The number of thiocarbonyl (C=S) groups is 1. The summed E-state index contributed by atoms with van der Waals surface area (Å²) in [7, 11) is 0. The van der Waals surface area contributed by atoms with Gasteiger partial charge in [-0.15, -0.1) is 0 Å². The molecule has 0 radical (unpaired) electrons. The zero-order valence-corrected chi connectivity index (χ0v) is 10.8. The van der Waals surface area contributed by atoms with Gasteiger partial charge in [-0.3, -0.25) is 0 Å². The molecule has 0 bridgehead atoms. The van der Waals surface area contributed by atoms with E-state index in [9.17, 15) is 4.79 Å². The Morgan fingerprint density at radius 1 is 1.56 bits per heavy atom. The Morgan fingerprint density at radius 3 is 2.81 bits per heavy atom. The molecule has 1 rings (SSSR count). The van der Waals surface area contributed by atoms with Gasteiger partial charge in [0, 0.05) is 13.1 Å². The van der Waals surface area contributed by atoms with Gasteiger partial charge >= 0.3 is 6.09 Å². The third-order valence-corrected chi connectivity index (χ3v) is 2.39. The Labute approximate surface area is 102 Å². The zero-order chi connectivity index (χ0) is 12.2. The maximum absolute atomic E-state index is 11.8. The average molecular weight is 242 g/mol. The van der Waals surface area contributed by atoms with Crippen molar-refractivity contribution < 1.29 is 9.53 Å². The maximum atomic E-state index is 11.8. The molecule has 90 valence electrons. The van der Waals surface area contributed by atoms with Crippen molar-refractivity contribution in [1.82, 2.24) is 4.90 Å². The number of ether oxygens (including phenoxy) is 1. The standard InChI is InChI=1S/C11H18N2O2S/c1-11(2,3)15-10(14)13-6-4-5-9(7-13)12-8-16/h9H,4-7H2,1-3H3. The lowest BCUT2D eigenvalue weighted by Crippen LogP contribution is -2.44. The van der Waals surface area contributed by atoms with E-state index in [0.717, 1.165) is 19.4 Å². The molecular formula is C11H18N2O2S. The van der Waals surface area contributed by atoms with Crippen LogP contribution in [0.5, 0.6) is 0 Å². The van der Waals surface area contributed by atoms with Crippen LogP contribution in [-0.4, -0.2) is 40.9 Å². The Hall–Kier alpha value is -0.930. The highest BCUT2D eigenvalue weighted by molar-refractivity contribution is 7.78. The Bertz CT molecular complexity index is 306. The highest BCUT2D eigenvalue weighted by atomic mass is 32.1. The van der Waals surface area contributed by atoms with Gasteiger partial charge in [0.25, 0.3) is 0 Å². The van der Waals surface area contributed by atoms with E-state index in [1.165, 1.54) is 0 Å². The lowest BCUT2D eigenvalue weighted by atomic mass is 10.1. The summed E-state index contributed by atoms with van der Waals surface area (Å²) in [6.45, 7) is 6.90. The molecule has 0 aromatic rings. The first-order valence-electron chi connectivity index (χ1n) is 5.47. The number of aliphatic imine (C=N–C) groups is 1. The van der Waals surface area contributed by atoms with E-state index < -0.39 is 5.60 Å². The number of hydrogen-bond donors (Lipinski definition) is 0. The van der Waals surface area contributed by atoms with Crippen LogP contribution in [0.4, 0.5) is 4.79 Å². The van der Waals surface area contributed by atoms with Crippen molar-refractivity contribution in [2.45, 2.75) is 45.3 Å². The molecule has 1 unspecified atom stereocenters. The molecule has 1 aliphatic heterocycles. The Balaban J connectivity index is 2.53. The van der Waals surface area contributed by atoms with E-state index in [1.807, 2.05) is 20.8 Å². The number of amides is 1. The highest BCUT2D eigenvalue weighted by Crippen LogP contribution is 2.16. The van der Waals surface area contributed by atoms with Gasteiger partial charge in [0.1, 0.15) is 5.60 Å². The average Bonchev–Trinajstić information content (AvgIpc) is 2.16. The largest absolute Gasteiger partial charge is 0.444 e. The van der Waals surface area contributed by atoms with E-state index in [0.29, 0.717) is 6.54 Å². The molecule has 1 heterocycles. The lowest BCUT2D eigenvalue weighted by Gasteiger charge is -2.32. The number of hydrogen-bond acceptors (Lipinski definition) is 4. The minimum atomic E-state index is -0.447. The maximum Gasteiger partial charge on any atom is 0.410 e. The van der Waals surface area contributed by atoms with Crippen molar-refractivity contribution in [2.75, 3.05) is 13.1 Å². The summed E-state index contributed by atoms with van der Waals surface area (Å²) in [5, 5.41) is 2.37. The van der Waals surface area contributed by atoms with Crippen molar-refractivity contribution >= 4 is 23.5 Å². The summed E-state index contributed by atoms with van der Waals surface area (Å²) in [5.74, 6) is 0. The SMILES string of the molecule is CC(C)(C)OC(=O)N1CCCC(N=C=S)C1. The minimum absolute atomic E-state index is 0.0822. The predicted octanol–water partition coefficient (Wildman–Crippen LogP) is 2.49. The summed E-state index contributed by atoms with van der Waals surface area (Å²) in [5.41, 5.74) is -0.447. The van der Waals surface area contributed by atoms with Crippen LogP contribution in [0, 0.1) is 0 Å². The van der Waals surface area contributed by atoms with Crippen molar-refractivity contribution in [3.8, 4) is 0 Å². The molecule has 0 aromatic heterocycles. The molecule has 5 heteroatoms. The van der Waals surface area contributed by atoms with Crippen LogP contribution in [0.1, 0.15) is 33.6 Å². The van der Waals surface area contributed by atoms with Gasteiger partial charge in [-0.2, -0.15) is 0 Å². The van der Waals surface area contributed by atoms with Crippen LogP contribution in [-0.2, 0) is 4.74 Å². The van der Waals surface area contributed by atoms with Crippen molar-refractivity contribution in [1.29, 1.82) is 0 Å². The van der Waals surface area contributed by atoms with Crippen LogP contribution in [0.3, 0.4) is 0 Å². The Morgan fingerprint density at radius 2 is 2.25 bits per heavy atom. The normalized spacial score (nSPS) is 21.2. The van der Waals surface area contributed by atoms with Gasteiger partial charge in [0.05, 0.1) is 11.2 Å². The molecule has 1 atom stereocenters. The molecule has 0 aromatic carbocycles. The number of piperidine rings is 1. The number of carbonyl (C=O) groups excluding carboxylic acids is 1. The number of carbonyl (C=O) groups is 1. The van der Waals surface area contributed by atoms with Crippen molar-refractivity contribution in [3.05, 3.63) is 0 Å². The van der Waals surface area contributed by atoms with Crippen LogP contribution < -0.4 is 0 Å². The number of isothiocyanates is 1. The third kappa shape index (κ3) is 4.29. The first-order valence-corrected chi connectivity index (χ1v) is 5.88. The lowest BCUT2D eigenvalue weighted by molar-refractivity contribution is 0.0201. The zero-order valence-electron chi connectivity index (χ0n) is 10.0. The minimum Gasteiger partial charge on any atom is -0.444 e. The first-order chi connectivity index (χ1) is 7.42. The van der Waals surface area contributed by atoms with E-state index >= 15 is 0 Å². The fourth-order valence-corrected chi connectivity index (χ4v) is 1.78. The Kier molecular flexibility index (Phi) is 4.44. The highest BCUT2D eigenvalue weighted by Gasteiger charge is 2.27. The van der Waals surface area contributed by atoms with Gasteiger partial charge < -0.3 is 9.64 Å². The van der Waals surface area contributed by atoms with Crippen LogP contribution >= 0.6 is 12.2 Å². The quantitative estimate of drug-likeness (QED) is 0.524. The monoisotopic (exact) mass is 242 g/mol. The molecule has 1 saturated heterocycles. The van der Waals surface area contributed by atoms with Gasteiger partial charge in [-0.25, -0.2) is 9.79 Å². The number of rotatable bonds is 1. The smallest absolute Gasteiger partial charge is 0.410 e. The van der Waals surface area contributed by atoms with Crippen LogP contribution in [0.2, 0.25) is 0 Å².